The molecule has 2 aliphatic rings. The van der Waals surface area contributed by atoms with Gasteiger partial charge in [0.25, 0.3) is 5.91 Å². The Bertz CT molecular complexity index is 999. The molecule has 2 saturated heterocycles. The third-order valence-corrected chi connectivity index (χ3v) is 5.37. The van der Waals surface area contributed by atoms with Crippen molar-refractivity contribution in [1.82, 2.24) is 9.88 Å². The molecule has 10 heteroatoms. The topological polar surface area (TPSA) is 66.0 Å². The predicted molar refractivity (Wildman–Crippen MR) is 114 cm³/mol. The van der Waals surface area contributed by atoms with E-state index in [2.05, 4.69) is 4.98 Å². The Labute approximate surface area is 185 Å². The van der Waals surface area contributed by atoms with Gasteiger partial charge in [-0.1, -0.05) is 0 Å². The Balaban J connectivity index is 0.00000272. The Hall–Kier alpha value is -2.94. The van der Waals surface area contributed by atoms with Crippen molar-refractivity contribution in [2.24, 2.45) is 0 Å². The number of anilines is 2. The summed E-state index contributed by atoms with van der Waals surface area (Å²) in [4.78, 5) is 33.5. The normalized spacial score (nSPS) is 18.6. The molecule has 7 nitrogen and oxygen atoms in total. The summed E-state index contributed by atoms with van der Waals surface area (Å²) >= 11 is 0. The predicted octanol–water partition coefficient (Wildman–Crippen LogP) is 3.40. The third-order valence-electron chi connectivity index (χ3n) is 5.37. The van der Waals surface area contributed by atoms with Gasteiger partial charge >= 0.3 is 6.09 Å². The molecule has 2 aromatic rings. The second-order valence-corrected chi connectivity index (χ2v) is 7.56. The van der Waals surface area contributed by atoms with Gasteiger partial charge < -0.3 is 14.5 Å². The van der Waals surface area contributed by atoms with Crippen LogP contribution < -0.4 is 9.80 Å². The van der Waals surface area contributed by atoms with Crippen LogP contribution in [-0.4, -0.2) is 60.7 Å². The first-order valence-corrected chi connectivity index (χ1v) is 9.77. The molecule has 3 heterocycles. The Morgan fingerprint density at radius 3 is 2.42 bits per heavy atom. The van der Waals surface area contributed by atoms with Gasteiger partial charge in [-0.25, -0.2) is 18.6 Å². The zero-order valence-electron chi connectivity index (χ0n) is 17.2. The number of rotatable bonds is 3. The SMILES string of the molecule is Cc1cnc(N2CCN(C(=O)c3ccc(N4C(=O)OCC4C)cc3F)CC2)c(F)c1.Cl. The number of carbonyl (C=O) groups is 2. The summed E-state index contributed by atoms with van der Waals surface area (Å²) in [6, 6.07) is 5.33. The van der Waals surface area contributed by atoms with E-state index in [4.69, 9.17) is 4.74 Å². The molecule has 0 saturated carbocycles. The van der Waals surface area contributed by atoms with Crippen molar-refractivity contribution < 1.29 is 23.1 Å². The highest BCUT2D eigenvalue weighted by Gasteiger charge is 2.32. The van der Waals surface area contributed by atoms with Crippen LogP contribution in [0.4, 0.5) is 25.1 Å². The van der Waals surface area contributed by atoms with E-state index in [1.165, 1.54) is 28.0 Å². The van der Waals surface area contributed by atoms with E-state index in [-0.39, 0.29) is 36.4 Å². The van der Waals surface area contributed by atoms with Crippen molar-refractivity contribution in [1.29, 1.82) is 0 Å². The summed E-state index contributed by atoms with van der Waals surface area (Å²) in [6.07, 6.45) is 1.07. The van der Waals surface area contributed by atoms with Gasteiger partial charge in [0.05, 0.1) is 17.3 Å². The van der Waals surface area contributed by atoms with E-state index < -0.39 is 23.6 Å². The second-order valence-electron chi connectivity index (χ2n) is 7.56. The highest BCUT2D eigenvalue weighted by Crippen LogP contribution is 2.26. The molecule has 0 bridgehead atoms. The zero-order valence-corrected chi connectivity index (χ0v) is 18.0. The van der Waals surface area contributed by atoms with Gasteiger partial charge in [-0.2, -0.15) is 0 Å². The summed E-state index contributed by atoms with van der Waals surface area (Å²) in [6.45, 7) is 5.25. The molecule has 0 N–H and O–H groups in total. The number of aromatic nitrogens is 1. The molecule has 166 valence electrons. The van der Waals surface area contributed by atoms with Crippen LogP contribution in [0, 0.1) is 18.6 Å². The van der Waals surface area contributed by atoms with Crippen LogP contribution in [0.3, 0.4) is 0 Å². The van der Waals surface area contributed by atoms with E-state index >= 15 is 0 Å². The molecule has 2 fully saturated rings. The van der Waals surface area contributed by atoms with Crippen molar-refractivity contribution in [2.45, 2.75) is 19.9 Å². The Kier molecular flexibility index (Phi) is 6.64. The molecule has 1 aromatic heterocycles. The largest absolute Gasteiger partial charge is 0.447 e. The number of hydrogen-bond acceptors (Lipinski definition) is 5. The lowest BCUT2D eigenvalue weighted by Crippen LogP contribution is -2.49. The number of carbonyl (C=O) groups excluding carboxylic acids is 2. The maximum atomic E-state index is 14.7. The summed E-state index contributed by atoms with van der Waals surface area (Å²) in [7, 11) is 0. The summed E-state index contributed by atoms with van der Waals surface area (Å²) in [5, 5.41) is 0. The van der Waals surface area contributed by atoms with Crippen molar-refractivity contribution in [3.63, 3.8) is 0 Å². The highest BCUT2D eigenvalue weighted by molar-refractivity contribution is 5.96. The first-order chi connectivity index (χ1) is 14.3. The van der Waals surface area contributed by atoms with Gasteiger partial charge in [-0.3, -0.25) is 9.69 Å². The molecule has 31 heavy (non-hydrogen) atoms. The molecule has 0 spiro atoms. The Morgan fingerprint density at radius 1 is 1.13 bits per heavy atom. The number of ether oxygens (including phenoxy) is 1. The van der Waals surface area contributed by atoms with Gasteiger partial charge in [0.15, 0.2) is 11.6 Å². The number of amides is 2. The lowest BCUT2D eigenvalue weighted by Gasteiger charge is -2.35. The average molecular weight is 453 g/mol. The molecule has 0 radical (unpaired) electrons. The van der Waals surface area contributed by atoms with E-state index in [1.54, 1.807) is 31.0 Å². The van der Waals surface area contributed by atoms with Crippen molar-refractivity contribution in [2.75, 3.05) is 42.6 Å². The van der Waals surface area contributed by atoms with Gasteiger partial charge in [-0.15, -0.1) is 12.4 Å². The van der Waals surface area contributed by atoms with Crippen LogP contribution >= 0.6 is 12.4 Å². The van der Waals surface area contributed by atoms with Crippen LogP contribution in [0.15, 0.2) is 30.5 Å². The molecule has 2 amide bonds. The van der Waals surface area contributed by atoms with Crippen LogP contribution in [0.2, 0.25) is 0 Å². The van der Waals surface area contributed by atoms with Crippen molar-refractivity contribution in [3.05, 3.63) is 53.2 Å². The van der Waals surface area contributed by atoms with E-state index in [0.717, 1.165) is 5.56 Å². The number of pyridine rings is 1. The summed E-state index contributed by atoms with van der Waals surface area (Å²) < 4.78 is 33.8. The van der Waals surface area contributed by atoms with E-state index in [0.29, 0.717) is 31.9 Å². The van der Waals surface area contributed by atoms with Crippen molar-refractivity contribution >= 4 is 35.9 Å². The van der Waals surface area contributed by atoms with E-state index in [9.17, 15) is 18.4 Å². The van der Waals surface area contributed by atoms with Crippen LogP contribution in [-0.2, 0) is 4.74 Å². The van der Waals surface area contributed by atoms with E-state index in [1.807, 2.05) is 0 Å². The monoisotopic (exact) mass is 452 g/mol. The lowest BCUT2D eigenvalue weighted by atomic mass is 10.1. The first-order valence-electron chi connectivity index (χ1n) is 9.77. The summed E-state index contributed by atoms with van der Waals surface area (Å²) in [5.74, 6) is -1.27. The Morgan fingerprint density at radius 2 is 1.84 bits per heavy atom. The molecule has 1 aromatic carbocycles. The number of nitrogens with zero attached hydrogens (tertiary/aromatic N) is 4. The minimum Gasteiger partial charge on any atom is -0.447 e. The molecular weight excluding hydrogens is 430 g/mol. The number of piperazine rings is 1. The number of halogens is 3. The van der Waals surface area contributed by atoms with Crippen LogP contribution in [0.5, 0.6) is 0 Å². The molecule has 4 rings (SSSR count). The fraction of sp³-hybridized carbons (Fsp3) is 0.381. The quantitative estimate of drug-likeness (QED) is 0.714. The van der Waals surface area contributed by atoms with Gasteiger partial charge in [0.1, 0.15) is 12.4 Å². The molecule has 1 unspecified atom stereocenters. The molecule has 2 aliphatic heterocycles. The smallest absolute Gasteiger partial charge is 0.414 e. The van der Waals surface area contributed by atoms with Gasteiger partial charge in [-0.05, 0) is 43.7 Å². The van der Waals surface area contributed by atoms with Crippen LogP contribution in [0.1, 0.15) is 22.8 Å². The number of hydrogen-bond donors (Lipinski definition) is 0. The number of benzene rings is 1. The molecular formula is C21H23ClF2N4O3. The molecule has 0 aliphatic carbocycles. The zero-order chi connectivity index (χ0) is 21.4. The van der Waals surface area contributed by atoms with Crippen LogP contribution in [0.25, 0.3) is 0 Å². The first kappa shape index (κ1) is 22.7. The summed E-state index contributed by atoms with van der Waals surface area (Å²) in [5.41, 5.74) is 1.03. The van der Waals surface area contributed by atoms with Gasteiger partial charge in [0.2, 0.25) is 0 Å². The third kappa shape index (κ3) is 4.41. The minimum atomic E-state index is -0.696. The standard InChI is InChI=1S/C21H22F2N4O3.ClH/c1-13-9-18(23)19(24-11-13)25-5-7-26(8-6-25)20(28)16-4-3-15(10-17(16)22)27-14(2)12-30-21(27)29;/h3-4,9-11,14H,5-8,12H2,1-2H3;1H. The average Bonchev–Trinajstić information content (AvgIpc) is 3.06. The number of cyclic esters (lactones) is 1. The van der Waals surface area contributed by atoms with Crippen molar-refractivity contribution in [3.8, 4) is 0 Å². The maximum absolute atomic E-state index is 14.7. The maximum Gasteiger partial charge on any atom is 0.414 e. The van der Waals surface area contributed by atoms with Gasteiger partial charge in [0, 0.05) is 32.4 Å². The second kappa shape index (κ2) is 9.05. The number of aryl methyl sites for hydroxylation is 1. The fourth-order valence-electron chi connectivity index (χ4n) is 3.75. The fourth-order valence-corrected chi connectivity index (χ4v) is 3.75. The lowest BCUT2D eigenvalue weighted by molar-refractivity contribution is 0.0741. The minimum absolute atomic E-state index is 0. The molecule has 1 atom stereocenters. The highest BCUT2D eigenvalue weighted by atomic mass is 35.5.